The van der Waals surface area contributed by atoms with Crippen molar-refractivity contribution in [1.82, 2.24) is 0 Å². The first-order chi connectivity index (χ1) is 15.7. The molecule has 1 heterocycles. The molecule has 0 atom stereocenters. The molecule has 0 fully saturated rings. The number of aryl methyl sites for hydroxylation is 1. The second kappa shape index (κ2) is 9.27. The van der Waals surface area contributed by atoms with Crippen molar-refractivity contribution in [3.8, 4) is 5.75 Å². The van der Waals surface area contributed by atoms with Crippen LogP contribution in [-0.2, 0) is 9.59 Å². The number of ether oxygens (including phenoxy) is 1. The number of esters is 1. The van der Waals surface area contributed by atoms with E-state index in [-0.39, 0.29) is 27.1 Å². The number of benzene rings is 3. The quantitative estimate of drug-likeness (QED) is 0.265. The average Bonchev–Trinajstić information content (AvgIpc) is 3.00. The van der Waals surface area contributed by atoms with Gasteiger partial charge >= 0.3 is 5.97 Å². The van der Waals surface area contributed by atoms with Crippen LogP contribution in [0.15, 0.2) is 77.5 Å². The van der Waals surface area contributed by atoms with Crippen LogP contribution in [-0.4, -0.2) is 17.8 Å². The standard InChI is InChI=1S/C24H15Cl3N2O4/c1-13-2-9-17(10-3-13)29-22(30)20(27)21(23(29)31)28-16-7-4-14(5-8-16)24(32)33-19-11-6-15(25)12-18(19)26/h2-12,28H,1H3. The molecule has 0 bridgehead atoms. The van der Waals surface area contributed by atoms with E-state index in [1.807, 2.05) is 6.92 Å². The Labute approximate surface area is 204 Å². The van der Waals surface area contributed by atoms with Crippen molar-refractivity contribution < 1.29 is 19.1 Å². The molecule has 3 aromatic rings. The van der Waals surface area contributed by atoms with Crippen molar-refractivity contribution in [3.05, 3.63) is 98.6 Å². The van der Waals surface area contributed by atoms with Gasteiger partial charge in [0.1, 0.15) is 16.5 Å². The van der Waals surface area contributed by atoms with Crippen LogP contribution in [0.5, 0.6) is 5.75 Å². The van der Waals surface area contributed by atoms with Crippen LogP contribution in [0, 0.1) is 6.92 Å². The lowest BCUT2D eigenvalue weighted by Gasteiger charge is -2.15. The van der Waals surface area contributed by atoms with Gasteiger partial charge in [0.2, 0.25) is 0 Å². The number of carbonyl (C=O) groups excluding carboxylic acids is 3. The molecule has 1 aliphatic rings. The predicted octanol–water partition coefficient (Wildman–Crippen LogP) is 5.96. The van der Waals surface area contributed by atoms with Gasteiger partial charge in [-0.1, -0.05) is 52.5 Å². The normalized spacial score (nSPS) is 13.5. The highest BCUT2D eigenvalue weighted by Gasteiger charge is 2.38. The monoisotopic (exact) mass is 500 g/mol. The molecule has 0 aromatic heterocycles. The smallest absolute Gasteiger partial charge is 0.343 e. The lowest BCUT2D eigenvalue weighted by atomic mass is 10.2. The fraction of sp³-hybridized carbons (Fsp3) is 0.0417. The Balaban J connectivity index is 1.48. The number of carbonyl (C=O) groups is 3. The number of rotatable bonds is 5. The summed E-state index contributed by atoms with van der Waals surface area (Å²) in [4.78, 5) is 38.8. The molecular weight excluding hydrogens is 487 g/mol. The SMILES string of the molecule is Cc1ccc(N2C(=O)C(Cl)=C(Nc3ccc(C(=O)Oc4ccc(Cl)cc4Cl)cc3)C2=O)cc1. The third-order valence-corrected chi connectivity index (χ3v) is 5.69. The van der Waals surface area contributed by atoms with E-state index in [0.717, 1.165) is 10.5 Å². The van der Waals surface area contributed by atoms with Crippen LogP contribution in [0.4, 0.5) is 11.4 Å². The number of nitrogens with zero attached hydrogens (tertiary/aromatic N) is 1. The molecule has 6 nitrogen and oxygen atoms in total. The maximum Gasteiger partial charge on any atom is 0.343 e. The highest BCUT2D eigenvalue weighted by atomic mass is 35.5. The molecule has 0 radical (unpaired) electrons. The molecule has 0 saturated carbocycles. The van der Waals surface area contributed by atoms with E-state index in [4.69, 9.17) is 39.5 Å². The zero-order valence-electron chi connectivity index (χ0n) is 17.1. The zero-order valence-corrected chi connectivity index (χ0v) is 19.3. The van der Waals surface area contributed by atoms with Gasteiger partial charge in [-0.25, -0.2) is 9.69 Å². The molecule has 166 valence electrons. The molecule has 1 N–H and O–H groups in total. The van der Waals surface area contributed by atoms with Crippen LogP contribution in [0.25, 0.3) is 0 Å². The Morgan fingerprint density at radius 2 is 1.55 bits per heavy atom. The molecule has 0 aliphatic carbocycles. The van der Waals surface area contributed by atoms with Gasteiger partial charge in [0.05, 0.1) is 16.3 Å². The first-order valence-corrected chi connectivity index (χ1v) is 10.8. The molecule has 2 amide bonds. The minimum atomic E-state index is -0.624. The molecule has 1 aliphatic heterocycles. The Kier molecular flexibility index (Phi) is 6.42. The summed E-state index contributed by atoms with van der Waals surface area (Å²) in [5, 5.41) is 3.27. The van der Waals surface area contributed by atoms with Gasteiger partial charge in [0, 0.05) is 10.7 Å². The summed E-state index contributed by atoms with van der Waals surface area (Å²) in [6.45, 7) is 1.90. The average molecular weight is 502 g/mol. The van der Waals surface area contributed by atoms with Crippen molar-refractivity contribution in [3.63, 3.8) is 0 Å². The molecule has 9 heteroatoms. The second-order valence-electron chi connectivity index (χ2n) is 7.14. The van der Waals surface area contributed by atoms with E-state index in [1.165, 1.54) is 24.3 Å². The van der Waals surface area contributed by atoms with Gasteiger partial charge in [-0.2, -0.15) is 0 Å². The Bertz CT molecular complexity index is 1300. The van der Waals surface area contributed by atoms with Gasteiger partial charge in [-0.3, -0.25) is 9.59 Å². The Hall–Kier alpha value is -3.32. The first-order valence-electron chi connectivity index (χ1n) is 9.64. The minimum absolute atomic E-state index is 0.0504. The van der Waals surface area contributed by atoms with Crippen LogP contribution < -0.4 is 15.0 Å². The van der Waals surface area contributed by atoms with Gasteiger partial charge in [-0.15, -0.1) is 0 Å². The summed E-state index contributed by atoms with van der Waals surface area (Å²) in [6.07, 6.45) is 0. The number of nitrogens with one attached hydrogen (secondary N) is 1. The van der Waals surface area contributed by atoms with Crippen molar-refractivity contribution in [2.45, 2.75) is 6.92 Å². The van der Waals surface area contributed by atoms with Crippen LogP contribution in [0.2, 0.25) is 10.0 Å². The van der Waals surface area contributed by atoms with Crippen molar-refractivity contribution in [1.29, 1.82) is 0 Å². The van der Waals surface area contributed by atoms with E-state index < -0.39 is 17.8 Å². The van der Waals surface area contributed by atoms with Gasteiger partial charge in [0.15, 0.2) is 0 Å². The lowest BCUT2D eigenvalue weighted by molar-refractivity contribution is -0.120. The third kappa shape index (κ3) is 4.73. The van der Waals surface area contributed by atoms with E-state index in [0.29, 0.717) is 16.4 Å². The molecule has 4 rings (SSSR count). The predicted molar refractivity (Wildman–Crippen MR) is 128 cm³/mol. The number of amides is 2. The molecule has 0 saturated heterocycles. The van der Waals surface area contributed by atoms with Gasteiger partial charge < -0.3 is 10.1 Å². The van der Waals surface area contributed by atoms with Crippen LogP contribution in [0.1, 0.15) is 15.9 Å². The summed E-state index contributed by atoms with van der Waals surface area (Å²) in [7, 11) is 0. The molecule has 0 spiro atoms. The van der Waals surface area contributed by atoms with E-state index in [9.17, 15) is 14.4 Å². The number of halogens is 3. The second-order valence-corrected chi connectivity index (χ2v) is 8.36. The maximum atomic E-state index is 12.9. The lowest BCUT2D eigenvalue weighted by Crippen LogP contribution is -2.32. The topological polar surface area (TPSA) is 75.7 Å². The van der Waals surface area contributed by atoms with Gasteiger partial charge in [-0.05, 0) is 61.5 Å². The van der Waals surface area contributed by atoms with Crippen molar-refractivity contribution in [2.24, 2.45) is 0 Å². The van der Waals surface area contributed by atoms with Crippen molar-refractivity contribution >= 4 is 64.0 Å². The number of imide groups is 1. The minimum Gasteiger partial charge on any atom is -0.421 e. The fourth-order valence-electron chi connectivity index (χ4n) is 3.09. The first kappa shape index (κ1) is 22.9. The van der Waals surface area contributed by atoms with Crippen LogP contribution >= 0.6 is 34.8 Å². The summed E-state index contributed by atoms with van der Waals surface area (Å²) in [5.41, 5.74) is 2.07. The Morgan fingerprint density at radius 3 is 2.18 bits per heavy atom. The van der Waals surface area contributed by atoms with E-state index in [1.54, 1.807) is 42.5 Å². The van der Waals surface area contributed by atoms with E-state index >= 15 is 0 Å². The largest absolute Gasteiger partial charge is 0.421 e. The third-order valence-electron chi connectivity index (χ3n) is 4.81. The zero-order chi connectivity index (χ0) is 23.7. The molecule has 0 unspecified atom stereocenters. The summed E-state index contributed by atoms with van der Waals surface area (Å²) in [6, 6.07) is 17.6. The highest BCUT2D eigenvalue weighted by molar-refractivity contribution is 6.53. The number of hydrogen-bond acceptors (Lipinski definition) is 5. The van der Waals surface area contributed by atoms with E-state index in [2.05, 4.69) is 5.32 Å². The Morgan fingerprint density at radius 1 is 0.879 bits per heavy atom. The highest BCUT2D eigenvalue weighted by Crippen LogP contribution is 2.31. The maximum absolute atomic E-state index is 12.9. The van der Waals surface area contributed by atoms with Crippen LogP contribution in [0.3, 0.4) is 0 Å². The molecule has 33 heavy (non-hydrogen) atoms. The fourth-order valence-corrected chi connectivity index (χ4v) is 3.75. The molecule has 3 aromatic carbocycles. The number of anilines is 2. The summed E-state index contributed by atoms with van der Waals surface area (Å²) in [5.74, 6) is -1.64. The molecular formula is C24H15Cl3N2O4. The summed E-state index contributed by atoms with van der Waals surface area (Å²) < 4.78 is 5.29. The number of hydrogen-bond donors (Lipinski definition) is 1. The summed E-state index contributed by atoms with van der Waals surface area (Å²) >= 11 is 18.0. The van der Waals surface area contributed by atoms with Crippen molar-refractivity contribution in [2.75, 3.05) is 10.2 Å². The van der Waals surface area contributed by atoms with Gasteiger partial charge in [0.25, 0.3) is 11.8 Å².